The molecule has 0 fully saturated rings. The van der Waals surface area contributed by atoms with Crippen LogP contribution in [0.15, 0.2) is 59.2 Å². The van der Waals surface area contributed by atoms with Crippen molar-refractivity contribution in [1.82, 2.24) is 0 Å². The Bertz CT molecular complexity index is 591. The summed E-state index contributed by atoms with van der Waals surface area (Å²) < 4.78 is 2.03. The molecule has 0 bridgehead atoms. The summed E-state index contributed by atoms with van der Waals surface area (Å²) >= 11 is 2.24. The Morgan fingerprint density at radius 1 is 0.941 bits per heavy atom. The van der Waals surface area contributed by atoms with E-state index in [1.165, 1.54) is 21.9 Å². The van der Waals surface area contributed by atoms with E-state index < -0.39 is 0 Å². The SMILES string of the molecule is C=C/C=C\c1cc2ccccc2cc1/C=C/I. The van der Waals surface area contributed by atoms with Crippen LogP contribution in [-0.2, 0) is 0 Å². The lowest BCUT2D eigenvalue weighted by atomic mass is 10.0. The van der Waals surface area contributed by atoms with Crippen LogP contribution >= 0.6 is 22.6 Å². The molecule has 0 radical (unpaired) electrons. The molecule has 0 atom stereocenters. The van der Waals surface area contributed by atoms with E-state index in [0.717, 1.165) is 0 Å². The summed E-state index contributed by atoms with van der Waals surface area (Å²) in [6.45, 7) is 3.71. The molecule has 84 valence electrons. The fourth-order valence-electron chi connectivity index (χ4n) is 1.80. The summed E-state index contributed by atoms with van der Waals surface area (Å²) in [5, 5.41) is 2.54. The van der Waals surface area contributed by atoms with Crippen LogP contribution < -0.4 is 0 Å². The number of hydrogen-bond acceptors (Lipinski definition) is 0. The molecule has 0 aliphatic carbocycles. The van der Waals surface area contributed by atoms with Crippen LogP contribution in [0.2, 0.25) is 0 Å². The molecule has 1 heteroatoms. The minimum Gasteiger partial charge on any atom is -0.0991 e. The highest BCUT2D eigenvalue weighted by molar-refractivity contribution is 14.1. The average molecular weight is 332 g/mol. The van der Waals surface area contributed by atoms with Crippen molar-refractivity contribution in [1.29, 1.82) is 0 Å². The molecule has 0 amide bonds. The van der Waals surface area contributed by atoms with Gasteiger partial charge in [0.1, 0.15) is 0 Å². The summed E-state index contributed by atoms with van der Waals surface area (Å²) in [5.41, 5.74) is 2.45. The zero-order chi connectivity index (χ0) is 12.1. The molecule has 0 heterocycles. The Morgan fingerprint density at radius 2 is 1.53 bits per heavy atom. The fraction of sp³-hybridized carbons (Fsp3) is 0. The predicted octanol–water partition coefficient (Wildman–Crippen LogP) is 5.44. The first kappa shape index (κ1) is 12.1. The Labute approximate surface area is 115 Å². The summed E-state index contributed by atoms with van der Waals surface area (Å²) in [6, 6.07) is 12.8. The second-order valence-corrected chi connectivity index (χ2v) is 4.43. The van der Waals surface area contributed by atoms with Gasteiger partial charge in [-0.25, -0.2) is 0 Å². The Morgan fingerprint density at radius 3 is 2.06 bits per heavy atom. The van der Waals surface area contributed by atoms with Crippen LogP contribution in [0.25, 0.3) is 22.9 Å². The first-order valence-electron chi connectivity index (χ1n) is 5.44. The third-order valence-corrected chi connectivity index (χ3v) is 2.97. The van der Waals surface area contributed by atoms with Gasteiger partial charge in [0.2, 0.25) is 0 Å². The molecule has 0 unspecified atom stereocenters. The molecular weight excluding hydrogens is 319 g/mol. The molecule has 0 N–H and O–H groups in total. The topological polar surface area (TPSA) is 0 Å². The van der Waals surface area contributed by atoms with Gasteiger partial charge in [-0.05, 0) is 44.2 Å². The highest BCUT2D eigenvalue weighted by atomic mass is 127. The van der Waals surface area contributed by atoms with Crippen molar-refractivity contribution in [2.75, 3.05) is 0 Å². The molecule has 2 rings (SSSR count). The van der Waals surface area contributed by atoms with Crippen molar-refractivity contribution < 1.29 is 0 Å². The molecule has 0 aliphatic rings. The number of fused-ring (bicyclic) bond motifs is 1. The van der Waals surface area contributed by atoms with Gasteiger partial charge in [0.05, 0.1) is 0 Å². The second kappa shape index (κ2) is 5.82. The summed E-state index contributed by atoms with van der Waals surface area (Å²) in [4.78, 5) is 0. The molecular formula is C16H13I. The van der Waals surface area contributed by atoms with Gasteiger partial charge in [0.15, 0.2) is 0 Å². The Kier molecular flexibility index (Phi) is 4.15. The Hall–Kier alpha value is -1.35. The maximum absolute atomic E-state index is 3.71. The van der Waals surface area contributed by atoms with E-state index in [9.17, 15) is 0 Å². The van der Waals surface area contributed by atoms with Gasteiger partial charge in [0.25, 0.3) is 0 Å². The van der Waals surface area contributed by atoms with Crippen LogP contribution in [0, 0.1) is 0 Å². The number of rotatable bonds is 3. The summed E-state index contributed by atoms with van der Waals surface area (Å²) in [7, 11) is 0. The second-order valence-electron chi connectivity index (χ2n) is 3.72. The van der Waals surface area contributed by atoms with E-state index in [1.807, 2.05) is 10.2 Å². The molecule has 17 heavy (non-hydrogen) atoms. The van der Waals surface area contributed by atoms with Crippen molar-refractivity contribution in [3.63, 3.8) is 0 Å². The van der Waals surface area contributed by atoms with Gasteiger partial charge in [-0.2, -0.15) is 0 Å². The zero-order valence-electron chi connectivity index (χ0n) is 9.44. The van der Waals surface area contributed by atoms with E-state index in [2.05, 4.69) is 77.7 Å². The highest BCUT2D eigenvalue weighted by Gasteiger charge is 1.99. The van der Waals surface area contributed by atoms with E-state index in [0.29, 0.717) is 0 Å². The average Bonchev–Trinajstić information content (AvgIpc) is 2.36. The third-order valence-electron chi connectivity index (χ3n) is 2.61. The lowest BCUT2D eigenvalue weighted by molar-refractivity contribution is 1.66. The largest absolute Gasteiger partial charge is 0.0991 e. The van der Waals surface area contributed by atoms with Crippen LogP contribution in [-0.4, -0.2) is 0 Å². The third kappa shape index (κ3) is 2.86. The standard InChI is InChI=1S/C16H13I/c1-2-3-6-13-11-14-7-4-5-8-15(14)12-16(13)9-10-17/h2-12H,1H2/b6-3-,10-9+. The van der Waals surface area contributed by atoms with Crippen molar-refractivity contribution in [3.8, 4) is 0 Å². The summed E-state index contributed by atoms with van der Waals surface area (Å²) in [5.74, 6) is 0. The van der Waals surface area contributed by atoms with Gasteiger partial charge in [-0.15, -0.1) is 0 Å². The van der Waals surface area contributed by atoms with Crippen molar-refractivity contribution >= 4 is 45.5 Å². The minimum absolute atomic E-state index is 1.22. The number of benzene rings is 2. The first-order chi connectivity index (χ1) is 8.35. The zero-order valence-corrected chi connectivity index (χ0v) is 11.6. The van der Waals surface area contributed by atoms with Crippen molar-refractivity contribution in [2.45, 2.75) is 0 Å². The molecule has 0 spiro atoms. The highest BCUT2D eigenvalue weighted by Crippen LogP contribution is 2.22. The van der Waals surface area contributed by atoms with Crippen LogP contribution in [0.5, 0.6) is 0 Å². The van der Waals surface area contributed by atoms with Gasteiger partial charge in [0, 0.05) is 0 Å². The van der Waals surface area contributed by atoms with Crippen molar-refractivity contribution in [2.24, 2.45) is 0 Å². The predicted molar refractivity (Wildman–Crippen MR) is 86.2 cm³/mol. The van der Waals surface area contributed by atoms with Gasteiger partial charge >= 0.3 is 0 Å². The molecule has 0 saturated heterocycles. The monoisotopic (exact) mass is 332 g/mol. The van der Waals surface area contributed by atoms with Crippen LogP contribution in [0.4, 0.5) is 0 Å². The van der Waals surface area contributed by atoms with Crippen molar-refractivity contribution in [3.05, 3.63) is 70.3 Å². The summed E-state index contributed by atoms with van der Waals surface area (Å²) in [6.07, 6.45) is 7.97. The first-order valence-corrected chi connectivity index (χ1v) is 6.68. The van der Waals surface area contributed by atoms with E-state index in [4.69, 9.17) is 0 Å². The smallest absolute Gasteiger partial charge is 0.0173 e. The van der Waals surface area contributed by atoms with E-state index >= 15 is 0 Å². The Balaban J connectivity index is 2.65. The molecule has 0 nitrogen and oxygen atoms in total. The van der Waals surface area contributed by atoms with Gasteiger partial charge in [-0.1, -0.05) is 71.7 Å². The van der Waals surface area contributed by atoms with E-state index in [1.54, 1.807) is 6.08 Å². The molecule has 2 aromatic rings. The van der Waals surface area contributed by atoms with Crippen LogP contribution in [0.1, 0.15) is 11.1 Å². The van der Waals surface area contributed by atoms with E-state index in [-0.39, 0.29) is 0 Å². The number of hydrogen-bond donors (Lipinski definition) is 0. The normalized spacial score (nSPS) is 11.6. The number of halogens is 1. The maximum Gasteiger partial charge on any atom is -0.0173 e. The van der Waals surface area contributed by atoms with Gasteiger partial charge < -0.3 is 0 Å². The molecule has 0 saturated carbocycles. The quantitative estimate of drug-likeness (QED) is 0.518. The van der Waals surface area contributed by atoms with Gasteiger partial charge in [-0.3, -0.25) is 0 Å². The maximum atomic E-state index is 3.71. The van der Waals surface area contributed by atoms with Crippen LogP contribution in [0.3, 0.4) is 0 Å². The molecule has 0 aliphatic heterocycles. The lowest BCUT2D eigenvalue weighted by Gasteiger charge is -2.04. The molecule has 0 aromatic heterocycles. The lowest BCUT2D eigenvalue weighted by Crippen LogP contribution is -1.82. The minimum atomic E-state index is 1.22. The molecule has 2 aromatic carbocycles. The fourth-order valence-corrected chi connectivity index (χ4v) is 2.19. The number of allylic oxidation sites excluding steroid dienone is 2.